The van der Waals surface area contributed by atoms with Gasteiger partial charge in [-0.05, 0) is 12.1 Å². The summed E-state index contributed by atoms with van der Waals surface area (Å²) in [7, 11) is 0. The van der Waals surface area contributed by atoms with Crippen LogP contribution >= 0.6 is 0 Å². The first kappa shape index (κ1) is 15.2. The zero-order valence-electron chi connectivity index (χ0n) is 12.2. The summed E-state index contributed by atoms with van der Waals surface area (Å²) in [6.45, 7) is 1.25. The fourth-order valence-corrected chi connectivity index (χ4v) is 2.58. The van der Waals surface area contributed by atoms with Crippen LogP contribution in [0.5, 0.6) is 5.75 Å². The van der Waals surface area contributed by atoms with E-state index in [9.17, 15) is 8.78 Å². The topological polar surface area (TPSA) is 62.0 Å². The molecule has 0 amide bonds. The maximum Gasteiger partial charge on any atom is 0.183 e. The third-order valence-electron chi connectivity index (χ3n) is 3.71. The van der Waals surface area contributed by atoms with Crippen molar-refractivity contribution < 1.29 is 13.5 Å². The van der Waals surface area contributed by atoms with Crippen LogP contribution in [0.2, 0.25) is 0 Å². The van der Waals surface area contributed by atoms with Gasteiger partial charge in [0.15, 0.2) is 23.1 Å². The van der Waals surface area contributed by atoms with Crippen molar-refractivity contribution in [2.45, 2.75) is 18.9 Å². The van der Waals surface area contributed by atoms with Crippen molar-refractivity contribution in [3.05, 3.63) is 47.9 Å². The van der Waals surface area contributed by atoms with Gasteiger partial charge >= 0.3 is 0 Å². The van der Waals surface area contributed by atoms with Crippen LogP contribution in [0.4, 0.5) is 14.6 Å². The Morgan fingerprint density at radius 1 is 1.17 bits per heavy atom. The molecule has 0 atom stereocenters. The molecule has 1 aromatic carbocycles. The van der Waals surface area contributed by atoms with Crippen LogP contribution in [0.1, 0.15) is 18.5 Å². The Kier molecular flexibility index (Phi) is 4.33. The van der Waals surface area contributed by atoms with Crippen molar-refractivity contribution >= 4 is 5.82 Å². The van der Waals surface area contributed by atoms with Crippen molar-refractivity contribution in [2.24, 2.45) is 0 Å². The van der Waals surface area contributed by atoms with Gasteiger partial charge in [0.1, 0.15) is 18.0 Å². The third kappa shape index (κ3) is 3.37. The second-order valence-electron chi connectivity index (χ2n) is 5.22. The van der Waals surface area contributed by atoms with Crippen molar-refractivity contribution in [3.8, 4) is 11.8 Å². The minimum Gasteiger partial charge on any atom is -0.487 e. The first-order valence-corrected chi connectivity index (χ1v) is 7.25. The van der Waals surface area contributed by atoms with Crippen LogP contribution in [0, 0.1) is 23.0 Å². The molecule has 1 aliphatic rings. The number of nitriles is 1. The Labute approximate surface area is 132 Å². The number of nitrogens with zero attached hydrogens (tertiary/aromatic N) is 4. The van der Waals surface area contributed by atoms with Crippen LogP contribution in [0.25, 0.3) is 0 Å². The molecule has 2 heterocycles. The Morgan fingerprint density at radius 2 is 1.91 bits per heavy atom. The van der Waals surface area contributed by atoms with E-state index >= 15 is 0 Å². The molecule has 0 N–H and O–H groups in total. The molecule has 23 heavy (non-hydrogen) atoms. The summed E-state index contributed by atoms with van der Waals surface area (Å²) in [5.74, 6) is -0.715. The van der Waals surface area contributed by atoms with Crippen molar-refractivity contribution in [3.63, 3.8) is 0 Å². The van der Waals surface area contributed by atoms with Gasteiger partial charge in [-0.15, -0.1) is 0 Å². The van der Waals surface area contributed by atoms with Crippen LogP contribution in [-0.4, -0.2) is 29.2 Å². The smallest absolute Gasteiger partial charge is 0.183 e. The summed E-state index contributed by atoms with van der Waals surface area (Å²) in [5, 5.41) is 9.07. The highest BCUT2D eigenvalue weighted by Gasteiger charge is 2.24. The van der Waals surface area contributed by atoms with Gasteiger partial charge in [0.05, 0.1) is 0 Å². The van der Waals surface area contributed by atoms with Crippen LogP contribution in [-0.2, 0) is 0 Å². The van der Waals surface area contributed by atoms with Gasteiger partial charge in [0, 0.05) is 44.4 Å². The second kappa shape index (κ2) is 6.57. The zero-order chi connectivity index (χ0) is 16.2. The molecule has 1 aromatic heterocycles. The molecule has 0 saturated carbocycles. The molecule has 118 valence electrons. The van der Waals surface area contributed by atoms with Crippen molar-refractivity contribution in [1.82, 2.24) is 9.97 Å². The maximum atomic E-state index is 13.6. The molecular weight excluding hydrogens is 302 g/mol. The van der Waals surface area contributed by atoms with Gasteiger partial charge in [-0.2, -0.15) is 5.26 Å². The number of aromatic nitrogens is 2. The van der Waals surface area contributed by atoms with Gasteiger partial charge in [-0.25, -0.2) is 18.7 Å². The molecule has 1 saturated heterocycles. The molecule has 3 rings (SSSR count). The van der Waals surface area contributed by atoms with E-state index in [2.05, 4.69) is 9.97 Å². The number of anilines is 1. The van der Waals surface area contributed by atoms with Crippen LogP contribution in [0.15, 0.2) is 30.6 Å². The SMILES string of the molecule is N#Cc1nccnc1N1CCC(Oc2ccc(F)cc2F)CC1. The first-order chi connectivity index (χ1) is 11.2. The molecule has 1 fully saturated rings. The van der Waals surface area contributed by atoms with E-state index in [4.69, 9.17) is 10.00 Å². The molecule has 0 aliphatic carbocycles. The molecule has 0 unspecified atom stereocenters. The highest BCUT2D eigenvalue weighted by molar-refractivity contribution is 5.49. The highest BCUT2D eigenvalue weighted by Crippen LogP contribution is 2.25. The first-order valence-electron chi connectivity index (χ1n) is 7.25. The average molecular weight is 316 g/mol. The predicted octanol–water partition coefficient (Wildman–Crippen LogP) is 2.67. The fraction of sp³-hybridized carbons (Fsp3) is 0.312. The van der Waals surface area contributed by atoms with E-state index < -0.39 is 11.6 Å². The van der Waals surface area contributed by atoms with Crippen LogP contribution < -0.4 is 9.64 Å². The van der Waals surface area contributed by atoms with E-state index in [1.165, 1.54) is 18.3 Å². The molecule has 2 aromatic rings. The lowest BCUT2D eigenvalue weighted by Crippen LogP contribution is -2.39. The second-order valence-corrected chi connectivity index (χ2v) is 5.22. The number of rotatable bonds is 3. The lowest BCUT2D eigenvalue weighted by molar-refractivity contribution is 0.163. The summed E-state index contributed by atoms with van der Waals surface area (Å²) < 4.78 is 32.1. The number of benzene rings is 1. The van der Waals surface area contributed by atoms with E-state index in [1.807, 2.05) is 11.0 Å². The predicted molar refractivity (Wildman–Crippen MR) is 79.0 cm³/mol. The molecule has 1 aliphatic heterocycles. The Balaban J connectivity index is 1.63. The zero-order valence-corrected chi connectivity index (χ0v) is 12.2. The summed E-state index contributed by atoms with van der Waals surface area (Å²) in [5.41, 5.74) is 0.288. The third-order valence-corrected chi connectivity index (χ3v) is 3.71. The average Bonchev–Trinajstić information content (AvgIpc) is 2.58. The van der Waals surface area contributed by atoms with E-state index in [1.54, 1.807) is 6.20 Å². The van der Waals surface area contributed by atoms with Crippen molar-refractivity contribution in [1.29, 1.82) is 5.26 Å². The minimum absolute atomic E-state index is 0.0575. The molecule has 0 bridgehead atoms. The molecule has 5 nitrogen and oxygen atoms in total. The lowest BCUT2D eigenvalue weighted by atomic mass is 10.1. The molecule has 7 heteroatoms. The summed E-state index contributed by atoms with van der Waals surface area (Å²) >= 11 is 0. The van der Waals surface area contributed by atoms with Gasteiger partial charge < -0.3 is 9.64 Å². The number of hydrogen-bond acceptors (Lipinski definition) is 5. The number of piperidine rings is 1. The fourth-order valence-electron chi connectivity index (χ4n) is 2.58. The molecular formula is C16H14F2N4O. The molecule has 0 radical (unpaired) electrons. The minimum atomic E-state index is -0.701. The van der Waals surface area contributed by atoms with Gasteiger partial charge in [0.2, 0.25) is 0 Å². The molecule has 0 spiro atoms. The Hall–Kier alpha value is -2.75. The number of halogens is 2. The Morgan fingerprint density at radius 3 is 2.61 bits per heavy atom. The van der Waals surface area contributed by atoms with E-state index in [0.717, 1.165) is 6.07 Å². The normalized spacial score (nSPS) is 15.3. The van der Waals surface area contributed by atoms with Gasteiger partial charge in [0.25, 0.3) is 0 Å². The Bertz CT molecular complexity index is 739. The quantitative estimate of drug-likeness (QED) is 0.871. The summed E-state index contributed by atoms with van der Waals surface area (Å²) in [4.78, 5) is 10.2. The standard InChI is InChI=1S/C16H14F2N4O/c17-11-1-2-15(13(18)9-11)23-12-3-7-22(8-4-12)16-14(10-19)20-5-6-21-16/h1-2,5-6,9,12H,3-4,7-8H2. The van der Waals surface area contributed by atoms with Crippen molar-refractivity contribution in [2.75, 3.05) is 18.0 Å². The highest BCUT2D eigenvalue weighted by atomic mass is 19.1. The van der Waals surface area contributed by atoms with Crippen LogP contribution in [0.3, 0.4) is 0 Å². The van der Waals surface area contributed by atoms with Gasteiger partial charge in [-0.1, -0.05) is 0 Å². The van der Waals surface area contributed by atoms with E-state index in [-0.39, 0.29) is 17.5 Å². The lowest BCUT2D eigenvalue weighted by Gasteiger charge is -2.33. The van der Waals surface area contributed by atoms with Gasteiger partial charge in [-0.3, -0.25) is 0 Å². The van der Waals surface area contributed by atoms with E-state index in [0.29, 0.717) is 31.7 Å². The number of hydrogen-bond donors (Lipinski definition) is 0. The summed E-state index contributed by atoms with van der Waals surface area (Å²) in [6.07, 6.45) is 4.17. The largest absolute Gasteiger partial charge is 0.487 e. The maximum absolute atomic E-state index is 13.6. The number of ether oxygens (including phenoxy) is 1. The summed E-state index contributed by atoms with van der Waals surface area (Å²) in [6, 6.07) is 5.31. The monoisotopic (exact) mass is 316 g/mol.